The average Bonchev–Trinajstić information content (AvgIpc) is 3.28. The van der Waals surface area contributed by atoms with E-state index in [0.29, 0.717) is 35.5 Å². The number of fused-ring (bicyclic) bond motifs is 3. The lowest BCUT2D eigenvalue weighted by Gasteiger charge is -2.27. The fraction of sp³-hybridized carbons (Fsp3) is 0.333. The van der Waals surface area contributed by atoms with Crippen molar-refractivity contribution in [2.75, 3.05) is 14.2 Å². The Bertz CT molecular complexity index is 1080. The molecule has 0 bridgehead atoms. The largest absolute Gasteiger partial charge is 0.504 e. The quantitative estimate of drug-likeness (QED) is 0.783. The van der Waals surface area contributed by atoms with Crippen LogP contribution in [0.4, 0.5) is 0 Å². The Hall–Kier alpha value is -3.28. The summed E-state index contributed by atoms with van der Waals surface area (Å²) in [6, 6.07) is 8.45. The van der Waals surface area contributed by atoms with Gasteiger partial charge in [-0.25, -0.2) is 0 Å². The number of hydrogen-bond donors (Lipinski definition) is 1. The third-order valence-corrected chi connectivity index (χ3v) is 6.50. The van der Waals surface area contributed by atoms with Crippen molar-refractivity contribution in [3.05, 3.63) is 58.2 Å². The number of benzene rings is 2. The predicted octanol–water partition coefficient (Wildman–Crippen LogP) is 3.96. The molecule has 1 atom stereocenters. The van der Waals surface area contributed by atoms with Crippen molar-refractivity contribution in [3.8, 4) is 17.2 Å². The molecule has 30 heavy (non-hydrogen) atoms. The second kappa shape index (κ2) is 6.90. The van der Waals surface area contributed by atoms with Gasteiger partial charge in [-0.2, -0.15) is 0 Å². The number of aryl methyl sites for hydroxylation is 1. The minimum Gasteiger partial charge on any atom is -0.504 e. The van der Waals surface area contributed by atoms with Gasteiger partial charge in [-0.1, -0.05) is 12.1 Å². The molecule has 5 rings (SSSR count). The lowest BCUT2D eigenvalue weighted by Crippen LogP contribution is -2.41. The molecule has 2 aromatic carbocycles. The van der Waals surface area contributed by atoms with E-state index >= 15 is 0 Å². The SMILES string of the molecule is COc1c(O)cc2c(c1OC)C1=C(CCC1)[C@@H](N1C(=O)c3ccccc3C1=O)CC2. The minimum atomic E-state index is -0.292. The number of phenols is 1. The molecule has 0 radical (unpaired) electrons. The first-order valence-corrected chi connectivity index (χ1v) is 10.2. The van der Waals surface area contributed by atoms with Crippen LogP contribution in [-0.2, 0) is 6.42 Å². The van der Waals surface area contributed by atoms with Crippen molar-refractivity contribution in [1.82, 2.24) is 4.90 Å². The standard InChI is InChI=1S/C24H23NO5/c1-29-21-19(26)12-13-10-11-18(14-8-5-9-15(14)20(13)22(21)30-2)25-23(27)16-6-3-4-7-17(16)24(25)28/h3-4,6-7,12,18,26H,5,8-11H2,1-2H3/t18-/m0/s1. The van der Waals surface area contributed by atoms with E-state index < -0.39 is 0 Å². The zero-order valence-corrected chi connectivity index (χ0v) is 17.0. The number of phenolic OH excluding ortho intramolecular Hbond substituents is 1. The fourth-order valence-corrected chi connectivity index (χ4v) is 5.26. The zero-order chi connectivity index (χ0) is 21.0. The van der Waals surface area contributed by atoms with E-state index in [-0.39, 0.29) is 23.6 Å². The highest BCUT2D eigenvalue weighted by atomic mass is 16.5. The zero-order valence-electron chi connectivity index (χ0n) is 17.0. The summed E-state index contributed by atoms with van der Waals surface area (Å²) in [6.45, 7) is 0. The molecule has 2 aromatic rings. The van der Waals surface area contributed by atoms with Gasteiger partial charge in [0.15, 0.2) is 11.5 Å². The highest BCUT2D eigenvalue weighted by Crippen LogP contribution is 2.51. The van der Waals surface area contributed by atoms with E-state index in [1.165, 1.54) is 12.0 Å². The molecule has 6 heteroatoms. The monoisotopic (exact) mass is 405 g/mol. The van der Waals surface area contributed by atoms with Gasteiger partial charge >= 0.3 is 0 Å². The van der Waals surface area contributed by atoms with Crippen LogP contribution in [0.2, 0.25) is 0 Å². The highest BCUT2D eigenvalue weighted by Gasteiger charge is 2.43. The second-order valence-electron chi connectivity index (χ2n) is 7.93. The summed E-state index contributed by atoms with van der Waals surface area (Å²) < 4.78 is 11.1. The Morgan fingerprint density at radius 1 is 0.967 bits per heavy atom. The number of nitrogens with zero attached hydrogens (tertiary/aromatic N) is 1. The molecule has 0 saturated heterocycles. The van der Waals surface area contributed by atoms with Crippen LogP contribution in [-0.4, -0.2) is 42.1 Å². The average molecular weight is 405 g/mol. The van der Waals surface area contributed by atoms with Crippen LogP contribution in [0.1, 0.15) is 57.5 Å². The summed E-state index contributed by atoms with van der Waals surface area (Å²) in [6.07, 6.45) is 3.86. The van der Waals surface area contributed by atoms with Gasteiger partial charge in [-0.05, 0) is 67.0 Å². The lowest BCUT2D eigenvalue weighted by atomic mass is 9.95. The lowest BCUT2D eigenvalue weighted by molar-refractivity contribution is 0.0601. The third kappa shape index (κ3) is 2.49. The van der Waals surface area contributed by atoms with Crippen LogP contribution in [0.5, 0.6) is 17.2 Å². The maximum absolute atomic E-state index is 13.2. The molecule has 1 N–H and O–H groups in total. The Morgan fingerprint density at radius 2 is 1.63 bits per heavy atom. The van der Waals surface area contributed by atoms with Crippen LogP contribution in [0.15, 0.2) is 35.9 Å². The summed E-state index contributed by atoms with van der Waals surface area (Å²) in [5.74, 6) is 0.418. The minimum absolute atomic E-state index is 0.0347. The first-order chi connectivity index (χ1) is 14.6. The van der Waals surface area contributed by atoms with Crippen molar-refractivity contribution in [2.45, 2.75) is 38.1 Å². The summed E-state index contributed by atoms with van der Waals surface area (Å²) in [7, 11) is 3.07. The summed E-state index contributed by atoms with van der Waals surface area (Å²) >= 11 is 0. The Labute approximate surface area is 174 Å². The van der Waals surface area contributed by atoms with Crippen LogP contribution >= 0.6 is 0 Å². The normalized spacial score (nSPS) is 20.1. The molecule has 1 heterocycles. The molecule has 6 nitrogen and oxygen atoms in total. The molecule has 0 aromatic heterocycles. The molecule has 0 unspecified atom stereocenters. The van der Waals surface area contributed by atoms with E-state index in [9.17, 15) is 14.7 Å². The molecule has 0 fully saturated rings. The maximum atomic E-state index is 13.2. The molecule has 2 aliphatic carbocycles. The smallest absolute Gasteiger partial charge is 0.262 e. The topological polar surface area (TPSA) is 76.1 Å². The highest BCUT2D eigenvalue weighted by molar-refractivity contribution is 6.21. The van der Waals surface area contributed by atoms with Crippen LogP contribution in [0, 0.1) is 0 Å². The van der Waals surface area contributed by atoms with E-state index in [1.54, 1.807) is 37.4 Å². The molecule has 2 amide bonds. The number of ether oxygens (including phenoxy) is 2. The number of rotatable bonds is 3. The Kier molecular flexibility index (Phi) is 4.31. The number of allylic oxidation sites excluding steroid dienone is 1. The van der Waals surface area contributed by atoms with Gasteiger partial charge < -0.3 is 14.6 Å². The molecule has 3 aliphatic rings. The van der Waals surface area contributed by atoms with Gasteiger partial charge in [0.1, 0.15) is 0 Å². The number of carbonyl (C=O) groups is 2. The Balaban J connectivity index is 1.66. The maximum Gasteiger partial charge on any atom is 0.262 e. The van der Waals surface area contributed by atoms with Crippen LogP contribution in [0.25, 0.3) is 5.57 Å². The number of imide groups is 1. The van der Waals surface area contributed by atoms with Crippen LogP contribution in [0.3, 0.4) is 0 Å². The van der Waals surface area contributed by atoms with Gasteiger partial charge in [-0.3, -0.25) is 14.5 Å². The van der Waals surface area contributed by atoms with E-state index in [2.05, 4.69) is 0 Å². The first-order valence-electron chi connectivity index (χ1n) is 10.2. The second-order valence-corrected chi connectivity index (χ2v) is 7.93. The van der Waals surface area contributed by atoms with Gasteiger partial charge in [0, 0.05) is 5.56 Å². The van der Waals surface area contributed by atoms with E-state index in [0.717, 1.165) is 41.5 Å². The number of amides is 2. The van der Waals surface area contributed by atoms with Crippen molar-refractivity contribution in [3.63, 3.8) is 0 Å². The van der Waals surface area contributed by atoms with Gasteiger partial charge in [0.05, 0.1) is 31.4 Å². The van der Waals surface area contributed by atoms with Gasteiger partial charge in [0.2, 0.25) is 5.75 Å². The first kappa shape index (κ1) is 18.7. The number of methoxy groups -OCH3 is 2. The fourth-order valence-electron chi connectivity index (χ4n) is 5.26. The molecule has 0 spiro atoms. The Morgan fingerprint density at radius 3 is 2.27 bits per heavy atom. The number of aromatic hydroxyl groups is 1. The van der Waals surface area contributed by atoms with E-state index in [4.69, 9.17) is 9.47 Å². The van der Waals surface area contributed by atoms with E-state index in [1.807, 2.05) is 0 Å². The molecule has 154 valence electrons. The molecule has 0 saturated carbocycles. The number of hydrogen-bond acceptors (Lipinski definition) is 5. The molecular formula is C24H23NO5. The van der Waals surface area contributed by atoms with Gasteiger partial charge in [-0.15, -0.1) is 0 Å². The van der Waals surface area contributed by atoms with Crippen molar-refractivity contribution in [1.29, 1.82) is 0 Å². The predicted molar refractivity (Wildman–Crippen MR) is 111 cm³/mol. The van der Waals surface area contributed by atoms with Crippen molar-refractivity contribution < 1.29 is 24.2 Å². The third-order valence-electron chi connectivity index (χ3n) is 6.50. The van der Waals surface area contributed by atoms with Crippen molar-refractivity contribution in [2.24, 2.45) is 0 Å². The van der Waals surface area contributed by atoms with Crippen LogP contribution < -0.4 is 9.47 Å². The van der Waals surface area contributed by atoms with Crippen molar-refractivity contribution >= 4 is 17.4 Å². The summed E-state index contributed by atoms with van der Waals surface area (Å²) in [5, 5.41) is 10.5. The summed E-state index contributed by atoms with van der Waals surface area (Å²) in [5.41, 5.74) is 5.08. The number of carbonyl (C=O) groups excluding carboxylic acids is 2. The molecule has 1 aliphatic heterocycles. The summed E-state index contributed by atoms with van der Waals surface area (Å²) in [4.78, 5) is 27.8. The van der Waals surface area contributed by atoms with Gasteiger partial charge in [0.25, 0.3) is 11.8 Å². The molecular weight excluding hydrogens is 382 g/mol.